The third-order valence-electron chi connectivity index (χ3n) is 5.08. The Labute approximate surface area is 179 Å². The fourth-order valence-corrected chi connectivity index (χ4v) is 3.80. The summed E-state index contributed by atoms with van der Waals surface area (Å²) in [6.07, 6.45) is 0.442. The van der Waals surface area contributed by atoms with E-state index in [4.69, 9.17) is 5.11 Å². The van der Waals surface area contributed by atoms with Crippen LogP contribution in [0.4, 0.5) is 4.39 Å². The molecule has 4 N–H and O–H groups in total. The third-order valence-corrected chi connectivity index (χ3v) is 5.08. The standard InChI is InChI=1S/C24H26FNO5/c1-14(2)26-21(10-8-17(27)11-19(29)13-23(30)31)24(15-3-5-16(25)6-4-15)20-9-7-18(28)12-22(20)26/h3-10,12,14,17,19,27-29H,11,13H2,1-2H3,(H,30,31)/b10-8+/t17-,19-/m0/s1. The first-order valence-corrected chi connectivity index (χ1v) is 10.1. The summed E-state index contributed by atoms with van der Waals surface area (Å²) in [6.45, 7) is 3.98. The minimum Gasteiger partial charge on any atom is -0.508 e. The summed E-state index contributed by atoms with van der Waals surface area (Å²) in [7, 11) is 0. The molecule has 1 heterocycles. The van der Waals surface area contributed by atoms with Gasteiger partial charge in [-0.2, -0.15) is 0 Å². The predicted octanol–water partition coefficient (Wildman–Crippen LogP) is 4.33. The van der Waals surface area contributed by atoms with Gasteiger partial charge in [0, 0.05) is 35.2 Å². The van der Waals surface area contributed by atoms with Crippen LogP contribution in [-0.2, 0) is 4.79 Å². The number of aliphatic carboxylic acids is 1. The van der Waals surface area contributed by atoms with Gasteiger partial charge in [0.1, 0.15) is 11.6 Å². The predicted molar refractivity (Wildman–Crippen MR) is 117 cm³/mol. The van der Waals surface area contributed by atoms with Crippen LogP contribution in [0.2, 0.25) is 0 Å². The molecule has 0 radical (unpaired) electrons. The minimum atomic E-state index is -1.17. The van der Waals surface area contributed by atoms with Crippen LogP contribution < -0.4 is 0 Å². The number of nitrogens with zero attached hydrogens (tertiary/aromatic N) is 1. The first-order chi connectivity index (χ1) is 14.7. The first kappa shape index (κ1) is 22.5. The molecule has 0 aliphatic rings. The number of hydrogen-bond donors (Lipinski definition) is 4. The molecule has 0 spiro atoms. The molecule has 0 aliphatic heterocycles. The Morgan fingerprint density at radius 3 is 2.42 bits per heavy atom. The Hall–Kier alpha value is -3.16. The van der Waals surface area contributed by atoms with Gasteiger partial charge in [-0.25, -0.2) is 4.39 Å². The molecule has 31 heavy (non-hydrogen) atoms. The zero-order valence-corrected chi connectivity index (χ0v) is 17.4. The van der Waals surface area contributed by atoms with Gasteiger partial charge in [0.2, 0.25) is 0 Å². The molecule has 0 bridgehead atoms. The Balaban J connectivity index is 2.12. The molecule has 0 saturated heterocycles. The zero-order valence-electron chi connectivity index (χ0n) is 17.4. The van der Waals surface area contributed by atoms with Crippen molar-refractivity contribution in [3.63, 3.8) is 0 Å². The summed E-state index contributed by atoms with van der Waals surface area (Å²) >= 11 is 0. The van der Waals surface area contributed by atoms with Crippen LogP contribution >= 0.6 is 0 Å². The van der Waals surface area contributed by atoms with Gasteiger partial charge in [0.05, 0.1) is 24.1 Å². The first-order valence-electron chi connectivity index (χ1n) is 10.1. The summed E-state index contributed by atoms with van der Waals surface area (Å²) in [5.74, 6) is -1.37. The second-order valence-corrected chi connectivity index (χ2v) is 7.85. The molecule has 0 fully saturated rings. The maximum Gasteiger partial charge on any atom is 0.305 e. The number of rotatable bonds is 8. The fraction of sp³-hybridized carbons (Fsp3) is 0.292. The van der Waals surface area contributed by atoms with E-state index in [0.717, 1.165) is 27.7 Å². The van der Waals surface area contributed by atoms with Crippen molar-refractivity contribution in [2.24, 2.45) is 0 Å². The lowest BCUT2D eigenvalue weighted by Gasteiger charge is -2.15. The maximum atomic E-state index is 13.5. The number of halogens is 1. The Bertz CT molecular complexity index is 1100. The number of carboxylic acid groups (broad SMARTS) is 1. The van der Waals surface area contributed by atoms with Gasteiger partial charge in [-0.1, -0.05) is 18.2 Å². The number of aromatic nitrogens is 1. The summed E-state index contributed by atoms with van der Waals surface area (Å²) in [5.41, 5.74) is 3.12. The molecule has 6 nitrogen and oxygen atoms in total. The lowest BCUT2D eigenvalue weighted by Crippen LogP contribution is -2.19. The van der Waals surface area contributed by atoms with E-state index >= 15 is 0 Å². The van der Waals surface area contributed by atoms with Crippen molar-refractivity contribution in [1.29, 1.82) is 0 Å². The van der Waals surface area contributed by atoms with Crippen molar-refractivity contribution in [2.45, 2.75) is 44.9 Å². The number of fused-ring (bicyclic) bond motifs is 1. The van der Waals surface area contributed by atoms with Gasteiger partial charge >= 0.3 is 5.97 Å². The molecular weight excluding hydrogens is 401 g/mol. The molecule has 0 aliphatic carbocycles. The average molecular weight is 427 g/mol. The smallest absolute Gasteiger partial charge is 0.305 e. The van der Waals surface area contributed by atoms with Crippen LogP contribution in [0.5, 0.6) is 5.75 Å². The van der Waals surface area contributed by atoms with Crippen LogP contribution in [0.1, 0.15) is 38.4 Å². The molecular formula is C24H26FNO5. The van der Waals surface area contributed by atoms with E-state index in [1.807, 2.05) is 18.4 Å². The molecule has 2 aromatic carbocycles. The summed E-state index contributed by atoms with van der Waals surface area (Å²) < 4.78 is 15.5. The van der Waals surface area contributed by atoms with Crippen LogP contribution in [0.25, 0.3) is 28.1 Å². The number of aromatic hydroxyl groups is 1. The van der Waals surface area contributed by atoms with Gasteiger partial charge in [-0.3, -0.25) is 4.79 Å². The van der Waals surface area contributed by atoms with Gasteiger partial charge < -0.3 is 25.0 Å². The number of aliphatic hydroxyl groups excluding tert-OH is 2. The van der Waals surface area contributed by atoms with E-state index in [9.17, 15) is 24.5 Å². The Morgan fingerprint density at radius 2 is 1.81 bits per heavy atom. The van der Waals surface area contributed by atoms with Crippen molar-refractivity contribution in [3.05, 3.63) is 60.1 Å². The molecule has 3 aromatic rings. The van der Waals surface area contributed by atoms with Gasteiger partial charge in [0.25, 0.3) is 0 Å². The number of carbonyl (C=O) groups is 1. The molecule has 0 amide bonds. The van der Waals surface area contributed by atoms with E-state index in [2.05, 4.69) is 0 Å². The van der Waals surface area contributed by atoms with E-state index in [0.29, 0.717) is 0 Å². The average Bonchev–Trinajstić information content (AvgIpc) is 2.99. The number of phenolic OH excluding ortho intramolecular Hbond substituents is 1. The summed E-state index contributed by atoms with van der Waals surface area (Å²) in [5, 5.41) is 39.8. The number of benzene rings is 2. The van der Waals surface area contributed by atoms with Crippen LogP contribution in [0.15, 0.2) is 48.5 Å². The molecule has 1 aromatic heterocycles. The van der Waals surface area contributed by atoms with E-state index in [1.165, 1.54) is 18.2 Å². The van der Waals surface area contributed by atoms with Gasteiger partial charge in [0.15, 0.2) is 0 Å². The van der Waals surface area contributed by atoms with Gasteiger partial charge in [-0.15, -0.1) is 0 Å². The highest BCUT2D eigenvalue weighted by Gasteiger charge is 2.20. The van der Waals surface area contributed by atoms with Crippen molar-refractivity contribution < 1.29 is 29.6 Å². The highest BCUT2D eigenvalue weighted by molar-refractivity contribution is 6.01. The minimum absolute atomic E-state index is 0.00731. The highest BCUT2D eigenvalue weighted by atomic mass is 19.1. The third kappa shape index (κ3) is 5.13. The topological polar surface area (TPSA) is 103 Å². The van der Waals surface area contributed by atoms with Crippen molar-refractivity contribution in [2.75, 3.05) is 0 Å². The van der Waals surface area contributed by atoms with E-state index in [1.54, 1.807) is 36.4 Å². The van der Waals surface area contributed by atoms with Gasteiger partial charge in [-0.05, 0) is 49.8 Å². The van der Waals surface area contributed by atoms with Crippen molar-refractivity contribution >= 4 is 22.9 Å². The molecule has 7 heteroatoms. The monoisotopic (exact) mass is 427 g/mol. The lowest BCUT2D eigenvalue weighted by atomic mass is 10.0. The van der Waals surface area contributed by atoms with Crippen LogP contribution in [-0.4, -0.2) is 43.2 Å². The van der Waals surface area contributed by atoms with E-state index in [-0.39, 0.29) is 24.0 Å². The summed E-state index contributed by atoms with van der Waals surface area (Å²) in [4.78, 5) is 10.7. The molecule has 2 atom stereocenters. The number of aliphatic hydroxyl groups is 2. The van der Waals surface area contributed by atoms with Crippen molar-refractivity contribution in [3.8, 4) is 16.9 Å². The molecule has 0 saturated carbocycles. The number of phenols is 1. The second-order valence-electron chi connectivity index (χ2n) is 7.85. The van der Waals surface area contributed by atoms with E-state index < -0.39 is 24.6 Å². The largest absolute Gasteiger partial charge is 0.508 e. The van der Waals surface area contributed by atoms with Crippen LogP contribution in [0.3, 0.4) is 0 Å². The van der Waals surface area contributed by atoms with Crippen molar-refractivity contribution in [1.82, 2.24) is 4.57 Å². The summed E-state index contributed by atoms with van der Waals surface area (Å²) in [6, 6.07) is 11.1. The molecule has 0 unspecified atom stereocenters. The zero-order chi connectivity index (χ0) is 22.7. The lowest BCUT2D eigenvalue weighted by molar-refractivity contribution is -0.139. The quantitative estimate of drug-likeness (QED) is 0.428. The number of hydrogen-bond acceptors (Lipinski definition) is 4. The SMILES string of the molecule is CC(C)n1c(/C=C/[C@H](O)C[C@H](O)CC(=O)O)c(-c2ccc(F)cc2)c2ccc(O)cc21. The fourth-order valence-electron chi connectivity index (χ4n) is 3.80. The molecule has 3 rings (SSSR count). The highest BCUT2D eigenvalue weighted by Crippen LogP contribution is 2.39. The Morgan fingerprint density at radius 1 is 1.13 bits per heavy atom. The normalized spacial score (nSPS) is 13.9. The Kier molecular flexibility index (Phi) is 6.77. The van der Waals surface area contributed by atoms with Crippen LogP contribution in [0, 0.1) is 5.82 Å². The maximum absolute atomic E-state index is 13.5. The second kappa shape index (κ2) is 9.32. The number of carboxylic acids is 1. The molecule has 164 valence electrons.